The minimum atomic E-state index is -4.82. The number of piperidine rings is 1. The first-order valence-electron chi connectivity index (χ1n) is 10.9. The summed E-state index contributed by atoms with van der Waals surface area (Å²) in [6.45, 7) is 4.10. The Hall–Kier alpha value is -2.69. The van der Waals surface area contributed by atoms with Gasteiger partial charge in [-0.05, 0) is 43.7 Å². The number of halogens is 4. The predicted molar refractivity (Wildman–Crippen MR) is 113 cm³/mol. The Kier molecular flexibility index (Phi) is 5.88. The van der Waals surface area contributed by atoms with Crippen molar-refractivity contribution in [2.24, 2.45) is 13.0 Å². The molecule has 1 saturated heterocycles. The summed E-state index contributed by atoms with van der Waals surface area (Å²) >= 11 is 0. The van der Waals surface area contributed by atoms with Gasteiger partial charge in [0.1, 0.15) is 12.1 Å². The molecule has 1 aliphatic heterocycles. The van der Waals surface area contributed by atoms with E-state index in [0.29, 0.717) is 18.4 Å². The third-order valence-corrected chi connectivity index (χ3v) is 6.78. The average molecular weight is 469 g/mol. The number of aromatic nitrogens is 3. The second-order valence-corrected chi connectivity index (χ2v) is 9.06. The Balaban J connectivity index is 1.68. The number of anilines is 1. The molecule has 2 bridgehead atoms. The van der Waals surface area contributed by atoms with E-state index in [4.69, 9.17) is 4.74 Å². The number of nitrogens with one attached hydrogen (secondary N) is 1. The van der Waals surface area contributed by atoms with Crippen molar-refractivity contribution in [3.8, 4) is 11.4 Å². The molecule has 2 aliphatic rings. The Bertz CT molecular complexity index is 1050. The zero-order chi connectivity index (χ0) is 24.1. The molecule has 1 N–H and O–H groups in total. The fourth-order valence-electron chi connectivity index (χ4n) is 5.65. The number of hydrogen-bond acceptors (Lipinski definition) is 4. The number of rotatable bonds is 5. The highest BCUT2D eigenvalue weighted by Crippen LogP contribution is 2.53. The average Bonchev–Trinajstić information content (AvgIpc) is 3.15. The maximum Gasteiger partial charge on any atom is 0.417 e. The van der Waals surface area contributed by atoms with Gasteiger partial charge in [0.25, 0.3) is 0 Å². The third-order valence-electron chi connectivity index (χ3n) is 6.78. The van der Waals surface area contributed by atoms with E-state index in [1.807, 2.05) is 6.92 Å². The summed E-state index contributed by atoms with van der Waals surface area (Å²) in [5.41, 5.74) is -2.48. The number of likely N-dealkylation sites (tertiary alicyclic amines) is 1. The molecule has 2 aromatic rings. The van der Waals surface area contributed by atoms with E-state index in [1.54, 1.807) is 12.0 Å². The minimum absolute atomic E-state index is 0.0209. The van der Waals surface area contributed by atoms with Crippen LogP contribution in [0.2, 0.25) is 0 Å². The molecule has 1 saturated carbocycles. The molecule has 11 heteroatoms. The first kappa shape index (κ1) is 23.5. The van der Waals surface area contributed by atoms with E-state index < -0.39 is 34.7 Å². The zero-order valence-electron chi connectivity index (χ0n) is 18.9. The van der Waals surface area contributed by atoms with E-state index in [0.717, 1.165) is 25.3 Å². The van der Waals surface area contributed by atoms with Crippen molar-refractivity contribution in [2.75, 3.05) is 12.4 Å². The summed E-state index contributed by atoms with van der Waals surface area (Å²) in [5, 5.41) is 6.43. The molecule has 4 atom stereocenters. The SMILES string of the molecule is CC[C@@H](OC)[C@@]12C[C@H](C)C[C@@H](C1)N2C(=O)Nc1cc(-c2ncn(C)n2)c(C(F)(F)F)cc1F. The van der Waals surface area contributed by atoms with Crippen LogP contribution in [0, 0.1) is 11.7 Å². The van der Waals surface area contributed by atoms with Crippen LogP contribution in [-0.2, 0) is 18.0 Å². The van der Waals surface area contributed by atoms with Crippen molar-refractivity contribution in [1.29, 1.82) is 0 Å². The Morgan fingerprint density at radius 3 is 2.67 bits per heavy atom. The highest BCUT2D eigenvalue weighted by Gasteiger charge is 2.61. The number of carbonyl (C=O) groups is 1. The standard InChI is InChI=1S/C22H27F4N5O2/c1-5-18(33-4)21-9-12(2)6-13(10-21)31(21)20(32)28-17-7-14(19-27-11-30(3)29-19)15(8-16(17)23)22(24,25)26/h7-8,11-13,18H,5-6,9-10H2,1-4H3,(H,28,32)/t12-,13+,18-,21-/m1/s1. The van der Waals surface area contributed by atoms with Crippen LogP contribution in [0.3, 0.4) is 0 Å². The molecule has 1 aromatic carbocycles. The van der Waals surface area contributed by atoms with Crippen molar-refractivity contribution in [1.82, 2.24) is 19.7 Å². The van der Waals surface area contributed by atoms with Gasteiger partial charge in [0.05, 0.1) is 22.9 Å². The maximum atomic E-state index is 14.8. The van der Waals surface area contributed by atoms with E-state index >= 15 is 0 Å². The van der Waals surface area contributed by atoms with Gasteiger partial charge in [-0.1, -0.05) is 13.8 Å². The number of hydrogen-bond donors (Lipinski definition) is 1. The predicted octanol–water partition coefficient (Wildman–Crippen LogP) is 4.84. The first-order chi connectivity index (χ1) is 15.5. The van der Waals surface area contributed by atoms with Gasteiger partial charge < -0.3 is 15.0 Å². The van der Waals surface area contributed by atoms with Crippen LogP contribution < -0.4 is 5.32 Å². The fourth-order valence-corrected chi connectivity index (χ4v) is 5.65. The summed E-state index contributed by atoms with van der Waals surface area (Å²) < 4.78 is 62.4. The lowest BCUT2D eigenvalue weighted by atomic mass is 9.61. The van der Waals surface area contributed by atoms with Gasteiger partial charge in [0.15, 0.2) is 5.82 Å². The van der Waals surface area contributed by atoms with E-state index in [-0.39, 0.29) is 23.7 Å². The van der Waals surface area contributed by atoms with Gasteiger partial charge in [-0.25, -0.2) is 14.2 Å². The van der Waals surface area contributed by atoms with Gasteiger partial charge in [-0.3, -0.25) is 4.68 Å². The third kappa shape index (κ3) is 3.96. The molecule has 7 nitrogen and oxygen atoms in total. The molecular formula is C22H27F4N5O2. The Labute approximate surface area is 189 Å². The number of carbonyl (C=O) groups excluding carboxylic acids is 1. The summed E-state index contributed by atoms with van der Waals surface area (Å²) in [6.07, 6.45) is -0.707. The molecule has 0 unspecified atom stereocenters. The minimum Gasteiger partial charge on any atom is -0.379 e. The van der Waals surface area contributed by atoms with Crippen LogP contribution in [0.25, 0.3) is 11.4 Å². The molecule has 33 heavy (non-hydrogen) atoms. The molecule has 2 fully saturated rings. The van der Waals surface area contributed by atoms with Crippen molar-refractivity contribution in [3.05, 3.63) is 29.8 Å². The summed E-state index contributed by atoms with van der Waals surface area (Å²) in [4.78, 5) is 18.8. The number of fused-ring (bicyclic) bond motifs is 2. The van der Waals surface area contributed by atoms with Crippen molar-refractivity contribution >= 4 is 11.7 Å². The molecule has 0 radical (unpaired) electrons. The number of amides is 2. The van der Waals surface area contributed by atoms with Crippen molar-refractivity contribution in [3.63, 3.8) is 0 Å². The molecule has 2 heterocycles. The second-order valence-electron chi connectivity index (χ2n) is 9.06. The fraction of sp³-hybridized carbons (Fsp3) is 0.591. The van der Waals surface area contributed by atoms with Gasteiger partial charge in [-0.2, -0.15) is 18.3 Å². The van der Waals surface area contributed by atoms with E-state index in [9.17, 15) is 22.4 Å². The highest BCUT2D eigenvalue weighted by atomic mass is 19.4. The number of nitrogens with zero attached hydrogens (tertiary/aromatic N) is 4. The van der Waals surface area contributed by atoms with Gasteiger partial charge in [0.2, 0.25) is 0 Å². The lowest BCUT2D eigenvalue weighted by Crippen LogP contribution is -2.76. The molecule has 2 amide bonds. The van der Waals surface area contributed by atoms with Gasteiger partial charge >= 0.3 is 12.2 Å². The van der Waals surface area contributed by atoms with E-state index in [1.165, 1.54) is 18.1 Å². The number of benzene rings is 1. The molecular weight excluding hydrogens is 442 g/mol. The number of methoxy groups -OCH3 is 1. The van der Waals surface area contributed by atoms with E-state index in [2.05, 4.69) is 22.3 Å². The van der Waals surface area contributed by atoms with Crippen LogP contribution >= 0.6 is 0 Å². The quantitative estimate of drug-likeness (QED) is 0.636. The summed E-state index contributed by atoms with van der Waals surface area (Å²) in [7, 11) is 3.12. The largest absolute Gasteiger partial charge is 0.417 e. The topological polar surface area (TPSA) is 72.3 Å². The van der Waals surface area contributed by atoms with Crippen LogP contribution in [0.4, 0.5) is 28.0 Å². The van der Waals surface area contributed by atoms with Crippen LogP contribution in [-0.4, -0.2) is 50.5 Å². The van der Waals surface area contributed by atoms with Crippen LogP contribution in [0.1, 0.15) is 45.1 Å². The smallest absolute Gasteiger partial charge is 0.379 e. The normalized spacial score (nSPS) is 25.5. The van der Waals surface area contributed by atoms with Crippen molar-refractivity contribution in [2.45, 2.75) is 63.4 Å². The van der Waals surface area contributed by atoms with Gasteiger partial charge in [0, 0.05) is 25.8 Å². The lowest BCUT2D eigenvalue weighted by Gasteiger charge is -2.65. The highest BCUT2D eigenvalue weighted by molar-refractivity contribution is 5.92. The Morgan fingerprint density at radius 2 is 2.09 bits per heavy atom. The van der Waals surface area contributed by atoms with Gasteiger partial charge in [-0.15, -0.1) is 0 Å². The summed E-state index contributed by atoms with van der Waals surface area (Å²) in [5.74, 6) is -0.985. The molecule has 0 spiro atoms. The van der Waals surface area contributed by atoms with Crippen LogP contribution in [0.5, 0.6) is 0 Å². The summed E-state index contributed by atoms with van der Waals surface area (Å²) in [6, 6.07) is 0.754. The molecule has 4 rings (SSSR count). The number of ether oxygens (including phenoxy) is 1. The molecule has 1 aromatic heterocycles. The van der Waals surface area contributed by atoms with Crippen molar-refractivity contribution < 1.29 is 27.1 Å². The number of aryl methyl sites for hydroxylation is 1. The first-order valence-corrected chi connectivity index (χ1v) is 10.9. The number of urea groups is 1. The second kappa shape index (κ2) is 8.27. The lowest BCUT2D eigenvalue weighted by molar-refractivity contribution is -0.162. The maximum absolute atomic E-state index is 14.8. The Morgan fingerprint density at radius 1 is 1.36 bits per heavy atom. The van der Waals surface area contributed by atoms with Crippen LogP contribution in [0.15, 0.2) is 18.5 Å². The monoisotopic (exact) mass is 469 g/mol. The molecule has 180 valence electrons. The number of alkyl halides is 3. The zero-order valence-corrected chi connectivity index (χ0v) is 18.9. The molecule has 1 aliphatic carbocycles.